The van der Waals surface area contributed by atoms with E-state index in [0.29, 0.717) is 0 Å². The molecule has 2 rings (SSSR count). The van der Waals surface area contributed by atoms with E-state index in [-0.39, 0.29) is 0 Å². The van der Waals surface area contributed by atoms with Crippen molar-refractivity contribution in [2.24, 2.45) is 5.92 Å². The molecular formula is C15H30N2. The number of nitrogens with zero attached hydrogens (tertiary/aromatic N) is 1. The van der Waals surface area contributed by atoms with Crippen LogP contribution in [0.4, 0.5) is 0 Å². The highest BCUT2D eigenvalue weighted by atomic mass is 15.2. The summed E-state index contributed by atoms with van der Waals surface area (Å²) in [6.07, 6.45) is 8.29. The minimum absolute atomic E-state index is 0.796. The number of piperidine rings is 1. The molecule has 2 aliphatic rings. The van der Waals surface area contributed by atoms with E-state index in [2.05, 4.69) is 31.0 Å². The Morgan fingerprint density at radius 3 is 2.71 bits per heavy atom. The number of hydrogen-bond donors (Lipinski definition) is 1. The summed E-state index contributed by atoms with van der Waals surface area (Å²) in [5.41, 5.74) is 0. The van der Waals surface area contributed by atoms with E-state index >= 15 is 0 Å². The van der Waals surface area contributed by atoms with Crippen molar-refractivity contribution in [3.05, 3.63) is 0 Å². The molecule has 17 heavy (non-hydrogen) atoms. The zero-order chi connectivity index (χ0) is 12.3. The third kappa shape index (κ3) is 3.45. The lowest BCUT2D eigenvalue weighted by molar-refractivity contribution is 0.0783. The zero-order valence-corrected chi connectivity index (χ0v) is 11.9. The van der Waals surface area contributed by atoms with Crippen molar-refractivity contribution in [3.8, 4) is 0 Å². The molecule has 1 aliphatic heterocycles. The predicted octanol–water partition coefficient (Wildman–Crippen LogP) is 3.03. The maximum Gasteiger partial charge on any atom is 0.0114 e. The van der Waals surface area contributed by atoms with Gasteiger partial charge in [-0.05, 0) is 57.9 Å². The number of nitrogens with one attached hydrogen (secondary N) is 1. The molecule has 4 atom stereocenters. The van der Waals surface area contributed by atoms with Gasteiger partial charge >= 0.3 is 0 Å². The Hall–Kier alpha value is -0.0800. The molecule has 2 heteroatoms. The minimum Gasteiger partial charge on any atom is -0.314 e. The van der Waals surface area contributed by atoms with Crippen molar-refractivity contribution in [1.82, 2.24) is 10.2 Å². The quantitative estimate of drug-likeness (QED) is 0.810. The Kier molecular flexibility index (Phi) is 4.87. The average Bonchev–Trinajstić information content (AvgIpc) is 2.78. The van der Waals surface area contributed by atoms with E-state index in [1.165, 1.54) is 51.6 Å². The Balaban J connectivity index is 1.82. The molecule has 0 radical (unpaired) electrons. The SMILES string of the molecule is CCCNC1CCC(N2CC(C)CCC2C)C1. The van der Waals surface area contributed by atoms with Crippen LogP contribution in [0.5, 0.6) is 0 Å². The van der Waals surface area contributed by atoms with Crippen molar-refractivity contribution < 1.29 is 0 Å². The van der Waals surface area contributed by atoms with E-state index in [1.807, 2.05) is 0 Å². The zero-order valence-electron chi connectivity index (χ0n) is 11.9. The average molecular weight is 238 g/mol. The van der Waals surface area contributed by atoms with Crippen LogP contribution in [0.15, 0.2) is 0 Å². The van der Waals surface area contributed by atoms with Gasteiger partial charge in [0.1, 0.15) is 0 Å². The van der Waals surface area contributed by atoms with Gasteiger partial charge in [-0.2, -0.15) is 0 Å². The molecule has 1 heterocycles. The first-order chi connectivity index (χ1) is 8.20. The van der Waals surface area contributed by atoms with Gasteiger partial charge in [-0.25, -0.2) is 0 Å². The Morgan fingerprint density at radius 2 is 1.94 bits per heavy atom. The van der Waals surface area contributed by atoms with Gasteiger partial charge in [0.05, 0.1) is 0 Å². The van der Waals surface area contributed by atoms with E-state index < -0.39 is 0 Å². The van der Waals surface area contributed by atoms with Gasteiger partial charge in [0, 0.05) is 24.7 Å². The molecule has 0 bridgehead atoms. The summed E-state index contributed by atoms with van der Waals surface area (Å²) in [5.74, 6) is 0.911. The lowest BCUT2D eigenvalue weighted by Gasteiger charge is -2.41. The molecule has 2 fully saturated rings. The highest BCUT2D eigenvalue weighted by Crippen LogP contribution is 2.31. The molecule has 0 spiro atoms. The lowest BCUT2D eigenvalue weighted by atomic mass is 9.93. The maximum atomic E-state index is 3.70. The van der Waals surface area contributed by atoms with Gasteiger partial charge in [-0.15, -0.1) is 0 Å². The second-order valence-corrected chi connectivity index (χ2v) is 6.35. The molecule has 0 aromatic carbocycles. The van der Waals surface area contributed by atoms with Crippen LogP contribution in [0.25, 0.3) is 0 Å². The lowest BCUT2D eigenvalue weighted by Crippen LogP contribution is -2.47. The number of rotatable bonds is 4. The van der Waals surface area contributed by atoms with E-state index in [4.69, 9.17) is 0 Å². The van der Waals surface area contributed by atoms with Gasteiger partial charge in [-0.3, -0.25) is 4.90 Å². The molecule has 4 unspecified atom stereocenters. The Labute approximate surface area is 107 Å². The summed E-state index contributed by atoms with van der Waals surface area (Å²) >= 11 is 0. The topological polar surface area (TPSA) is 15.3 Å². The fourth-order valence-corrected chi connectivity index (χ4v) is 3.62. The van der Waals surface area contributed by atoms with Crippen molar-refractivity contribution in [1.29, 1.82) is 0 Å². The summed E-state index contributed by atoms with van der Waals surface area (Å²) in [6, 6.07) is 2.48. The second-order valence-electron chi connectivity index (χ2n) is 6.35. The summed E-state index contributed by atoms with van der Waals surface area (Å²) in [7, 11) is 0. The predicted molar refractivity (Wildman–Crippen MR) is 74.3 cm³/mol. The van der Waals surface area contributed by atoms with Crippen LogP contribution < -0.4 is 5.32 Å². The van der Waals surface area contributed by atoms with Crippen LogP contribution in [0.2, 0.25) is 0 Å². The molecule has 100 valence electrons. The number of likely N-dealkylation sites (tertiary alicyclic amines) is 1. The molecule has 2 nitrogen and oxygen atoms in total. The first kappa shape index (κ1) is 13.4. The van der Waals surface area contributed by atoms with Crippen LogP contribution in [0.1, 0.15) is 59.3 Å². The van der Waals surface area contributed by atoms with Crippen molar-refractivity contribution in [2.45, 2.75) is 77.4 Å². The minimum atomic E-state index is 0.796. The van der Waals surface area contributed by atoms with Crippen molar-refractivity contribution >= 4 is 0 Å². The fourth-order valence-electron chi connectivity index (χ4n) is 3.62. The van der Waals surface area contributed by atoms with E-state index in [1.54, 1.807) is 0 Å². The highest BCUT2D eigenvalue weighted by molar-refractivity contribution is 4.90. The molecule has 0 aromatic heterocycles. The number of hydrogen-bond acceptors (Lipinski definition) is 2. The van der Waals surface area contributed by atoms with Crippen LogP contribution in [0.3, 0.4) is 0 Å². The Morgan fingerprint density at radius 1 is 1.12 bits per heavy atom. The standard InChI is InChI=1S/C15H30N2/c1-4-9-16-14-7-8-15(10-14)17-11-12(2)5-6-13(17)3/h12-16H,4-11H2,1-3H3. The largest absolute Gasteiger partial charge is 0.314 e. The van der Waals surface area contributed by atoms with Crippen LogP contribution in [0, 0.1) is 5.92 Å². The van der Waals surface area contributed by atoms with Gasteiger partial charge in [0.2, 0.25) is 0 Å². The van der Waals surface area contributed by atoms with Crippen LogP contribution >= 0.6 is 0 Å². The molecule has 1 N–H and O–H groups in total. The van der Waals surface area contributed by atoms with Gasteiger partial charge in [0.25, 0.3) is 0 Å². The molecular weight excluding hydrogens is 208 g/mol. The van der Waals surface area contributed by atoms with E-state index in [0.717, 1.165) is 24.0 Å². The molecule has 0 aromatic rings. The van der Waals surface area contributed by atoms with Crippen LogP contribution in [-0.4, -0.2) is 36.1 Å². The van der Waals surface area contributed by atoms with Crippen LogP contribution in [-0.2, 0) is 0 Å². The van der Waals surface area contributed by atoms with Gasteiger partial charge in [0.15, 0.2) is 0 Å². The molecule has 1 aliphatic carbocycles. The normalized spacial score (nSPS) is 39.7. The summed E-state index contributed by atoms with van der Waals surface area (Å²) in [4.78, 5) is 2.81. The third-order valence-corrected chi connectivity index (χ3v) is 4.72. The van der Waals surface area contributed by atoms with Gasteiger partial charge < -0.3 is 5.32 Å². The fraction of sp³-hybridized carbons (Fsp3) is 1.00. The summed E-state index contributed by atoms with van der Waals surface area (Å²) in [5, 5.41) is 3.70. The second kappa shape index (κ2) is 6.19. The molecule has 1 saturated carbocycles. The maximum absolute atomic E-state index is 3.70. The van der Waals surface area contributed by atoms with E-state index in [9.17, 15) is 0 Å². The smallest absolute Gasteiger partial charge is 0.0114 e. The summed E-state index contributed by atoms with van der Waals surface area (Å²) < 4.78 is 0. The van der Waals surface area contributed by atoms with Crippen molar-refractivity contribution in [3.63, 3.8) is 0 Å². The van der Waals surface area contributed by atoms with Crippen molar-refractivity contribution in [2.75, 3.05) is 13.1 Å². The molecule has 0 amide bonds. The van der Waals surface area contributed by atoms with Gasteiger partial charge in [-0.1, -0.05) is 13.8 Å². The highest BCUT2D eigenvalue weighted by Gasteiger charge is 2.33. The monoisotopic (exact) mass is 238 g/mol. The molecule has 1 saturated heterocycles. The Bertz CT molecular complexity index is 229. The first-order valence-electron chi connectivity index (χ1n) is 7.69. The summed E-state index contributed by atoms with van der Waals surface area (Å²) in [6.45, 7) is 9.64. The first-order valence-corrected chi connectivity index (χ1v) is 7.69. The third-order valence-electron chi connectivity index (χ3n) is 4.72.